The molecule has 5 heteroatoms. The van der Waals surface area contributed by atoms with Crippen LogP contribution in [-0.4, -0.2) is 8.42 Å². The Morgan fingerprint density at radius 1 is 1.50 bits per heavy atom. The third-order valence-electron chi connectivity index (χ3n) is 1.07. The highest BCUT2D eigenvalue weighted by molar-refractivity contribution is 8.13. The largest absolute Gasteiger partial charge is 0.262 e. The molecule has 0 spiro atoms. The minimum Gasteiger partial charge on any atom is -0.207 e. The highest BCUT2D eigenvalue weighted by Gasteiger charge is 2.12. The number of rotatable bonds is 1. The first-order valence-corrected chi connectivity index (χ1v) is 5.74. The summed E-state index contributed by atoms with van der Waals surface area (Å²) in [5.74, 6) is 0. The number of thiophene rings is 1. The molecule has 0 fully saturated rings. The van der Waals surface area contributed by atoms with Crippen LogP contribution < -0.4 is 0 Å². The van der Waals surface area contributed by atoms with Gasteiger partial charge in [-0.1, -0.05) is 0 Å². The first-order chi connectivity index (χ1) is 4.52. The fourth-order valence-electron chi connectivity index (χ4n) is 0.599. The maximum absolute atomic E-state index is 10.7. The van der Waals surface area contributed by atoms with E-state index in [0.717, 1.165) is 0 Å². The van der Waals surface area contributed by atoms with Gasteiger partial charge in [-0.3, -0.25) is 0 Å². The van der Waals surface area contributed by atoms with Crippen LogP contribution >= 0.6 is 22.0 Å². The minimum atomic E-state index is -3.51. The molecule has 0 saturated carbocycles. The van der Waals surface area contributed by atoms with Gasteiger partial charge < -0.3 is 0 Å². The number of halogens is 1. The van der Waals surface area contributed by atoms with Crippen LogP contribution in [0, 0.1) is 6.92 Å². The van der Waals surface area contributed by atoms with Crippen LogP contribution in [-0.2, 0) is 9.05 Å². The van der Waals surface area contributed by atoms with E-state index in [2.05, 4.69) is 0 Å². The third-order valence-corrected chi connectivity index (χ3v) is 3.55. The van der Waals surface area contributed by atoms with Crippen molar-refractivity contribution in [2.75, 3.05) is 0 Å². The summed E-state index contributed by atoms with van der Waals surface area (Å²) in [6.07, 6.45) is 0. The van der Waals surface area contributed by atoms with E-state index in [4.69, 9.17) is 10.7 Å². The Labute approximate surface area is 67.9 Å². The van der Waals surface area contributed by atoms with E-state index in [1.54, 1.807) is 12.3 Å². The van der Waals surface area contributed by atoms with Gasteiger partial charge in [0.05, 0.1) is 4.90 Å². The van der Waals surface area contributed by atoms with Gasteiger partial charge in [0, 0.05) is 16.1 Å². The smallest absolute Gasteiger partial charge is 0.207 e. The fraction of sp³-hybridized carbons (Fsp3) is 0.200. The van der Waals surface area contributed by atoms with Gasteiger partial charge in [0.25, 0.3) is 9.05 Å². The lowest BCUT2D eigenvalue weighted by Crippen LogP contribution is -1.88. The average molecular weight is 197 g/mol. The molecule has 0 N–H and O–H groups in total. The Kier molecular flexibility index (Phi) is 2.03. The van der Waals surface area contributed by atoms with Crippen molar-refractivity contribution in [2.24, 2.45) is 0 Å². The molecule has 0 saturated heterocycles. The summed E-state index contributed by atoms with van der Waals surface area (Å²) in [6, 6.07) is 0. The zero-order chi connectivity index (χ0) is 7.78. The number of hydrogen-bond acceptors (Lipinski definition) is 3. The molecular weight excluding hydrogens is 192 g/mol. The quantitative estimate of drug-likeness (QED) is 0.644. The molecule has 0 aliphatic carbocycles. The van der Waals surface area contributed by atoms with Crippen LogP contribution in [0.2, 0.25) is 0 Å². The molecule has 0 aliphatic rings. The van der Waals surface area contributed by atoms with Crippen LogP contribution in [0.5, 0.6) is 0 Å². The van der Waals surface area contributed by atoms with E-state index in [-0.39, 0.29) is 4.90 Å². The van der Waals surface area contributed by atoms with E-state index in [1.165, 1.54) is 16.7 Å². The molecule has 0 aromatic carbocycles. The highest BCUT2D eigenvalue weighted by Crippen LogP contribution is 2.22. The molecule has 0 aliphatic heterocycles. The van der Waals surface area contributed by atoms with E-state index in [1.807, 2.05) is 0 Å². The van der Waals surface area contributed by atoms with Gasteiger partial charge in [0.2, 0.25) is 0 Å². The van der Waals surface area contributed by atoms with Crippen LogP contribution in [0.4, 0.5) is 0 Å². The van der Waals surface area contributed by atoms with E-state index in [9.17, 15) is 8.42 Å². The van der Waals surface area contributed by atoms with Crippen LogP contribution in [0.25, 0.3) is 0 Å². The predicted molar refractivity (Wildman–Crippen MR) is 42.1 cm³/mol. The summed E-state index contributed by atoms with van der Waals surface area (Å²) >= 11 is 1.33. The van der Waals surface area contributed by atoms with E-state index < -0.39 is 9.05 Å². The lowest BCUT2D eigenvalue weighted by Gasteiger charge is -1.89. The summed E-state index contributed by atoms with van der Waals surface area (Å²) in [5, 5.41) is 3.27. The second kappa shape index (κ2) is 2.53. The normalized spacial score (nSPS) is 11.8. The van der Waals surface area contributed by atoms with Gasteiger partial charge in [-0.15, -0.1) is 0 Å². The molecule has 10 heavy (non-hydrogen) atoms. The number of hydrogen-bond donors (Lipinski definition) is 0. The van der Waals surface area contributed by atoms with Crippen molar-refractivity contribution in [3.05, 3.63) is 16.3 Å². The summed E-state index contributed by atoms with van der Waals surface area (Å²) < 4.78 is 21.4. The standard InChI is InChI=1S/C5H5ClO2S2/c1-4-2-9-3-5(4)10(6,7)8/h2-3H,1H3. The van der Waals surface area contributed by atoms with Gasteiger partial charge in [-0.25, -0.2) is 8.42 Å². The molecule has 2 nitrogen and oxygen atoms in total. The Morgan fingerprint density at radius 2 is 2.10 bits per heavy atom. The maximum atomic E-state index is 10.7. The highest BCUT2D eigenvalue weighted by atomic mass is 35.7. The third kappa shape index (κ3) is 1.51. The summed E-state index contributed by atoms with van der Waals surface area (Å²) in [4.78, 5) is 0.221. The van der Waals surface area contributed by atoms with Crippen LogP contribution in [0.3, 0.4) is 0 Å². The zero-order valence-corrected chi connectivity index (χ0v) is 7.55. The summed E-state index contributed by atoms with van der Waals surface area (Å²) in [7, 11) is 1.58. The van der Waals surface area contributed by atoms with Crippen LogP contribution in [0.15, 0.2) is 15.7 Å². The van der Waals surface area contributed by atoms with Gasteiger partial charge in [0.1, 0.15) is 0 Å². The van der Waals surface area contributed by atoms with Crippen molar-refractivity contribution in [2.45, 2.75) is 11.8 Å². The van der Waals surface area contributed by atoms with E-state index in [0.29, 0.717) is 5.56 Å². The fourth-order valence-corrected chi connectivity index (χ4v) is 3.14. The Bertz CT molecular complexity index is 325. The number of aryl methyl sites for hydroxylation is 1. The SMILES string of the molecule is Cc1cscc1S(=O)(=O)Cl. The van der Waals surface area contributed by atoms with Crippen molar-refractivity contribution >= 4 is 31.1 Å². The Hall–Kier alpha value is -0.0600. The molecule has 56 valence electrons. The molecule has 0 amide bonds. The van der Waals surface area contributed by atoms with Crippen molar-refractivity contribution in [3.8, 4) is 0 Å². The van der Waals surface area contributed by atoms with Crippen LogP contribution in [0.1, 0.15) is 5.56 Å². The Morgan fingerprint density at radius 3 is 2.30 bits per heavy atom. The monoisotopic (exact) mass is 196 g/mol. The van der Waals surface area contributed by atoms with Crippen molar-refractivity contribution in [3.63, 3.8) is 0 Å². The van der Waals surface area contributed by atoms with Gasteiger partial charge in [-0.2, -0.15) is 11.3 Å². The summed E-state index contributed by atoms with van der Waals surface area (Å²) in [5.41, 5.74) is 0.708. The second-order valence-electron chi connectivity index (χ2n) is 1.86. The second-order valence-corrected chi connectivity index (χ2v) is 5.13. The first-order valence-electron chi connectivity index (χ1n) is 2.49. The average Bonchev–Trinajstić information content (AvgIpc) is 2.11. The van der Waals surface area contributed by atoms with Gasteiger partial charge in [-0.05, 0) is 17.9 Å². The molecule has 0 unspecified atom stereocenters. The molecule has 1 heterocycles. The molecule has 0 radical (unpaired) electrons. The predicted octanol–water partition coefficient (Wildman–Crippen LogP) is 1.98. The van der Waals surface area contributed by atoms with Crippen molar-refractivity contribution < 1.29 is 8.42 Å². The first kappa shape index (κ1) is 8.04. The molecule has 1 aromatic heterocycles. The molecule has 0 bridgehead atoms. The van der Waals surface area contributed by atoms with Crippen molar-refractivity contribution in [1.82, 2.24) is 0 Å². The molecule has 1 rings (SSSR count). The van der Waals surface area contributed by atoms with E-state index >= 15 is 0 Å². The van der Waals surface area contributed by atoms with Gasteiger partial charge in [0.15, 0.2) is 0 Å². The van der Waals surface area contributed by atoms with Gasteiger partial charge >= 0.3 is 0 Å². The summed E-state index contributed by atoms with van der Waals surface area (Å²) in [6.45, 7) is 1.71. The topological polar surface area (TPSA) is 34.1 Å². The lowest BCUT2D eigenvalue weighted by atomic mass is 10.4. The lowest BCUT2D eigenvalue weighted by molar-refractivity contribution is 0.609. The zero-order valence-electron chi connectivity index (χ0n) is 5.17. The molecule has 0 atom stereocenters. The molecule has 1 aromatic rings. The minimum absolute atomic E-state index is 0.221. The Balaban J connectivity index is 3.32. The maximum Gasteiger partial charge on any atom is 0.262 e. The van der Waals surface area contributed by atoms with Crippen molar-refractivity contribution in [1.29, 1.82) is 0 Å². The molecular formula is C5H5ClO2S2.